The van der Waals surface area contributed by atoms with Gasteiger partial charge >= 0.3 is 0 Å². The molecule has 6 N–H and O–H groups in total. The zero-order chi connectivity index (χ0) is 14.9. The van der Waals surface area contributed by atoms with Gasteiger partial charge in [0.05, 0.1) is 17.3 Å². The highest BCUT2D eigenvalue weighted by Gasteiger charge is 2.18. The van der Waals surface area contributed by atoms with Crippen molar-refractivity contribution in [2.45, 2.75) is 0 Å². The molecule has 2 rings (SSSR count). The molecule has 98 valence electrons. The summed E-state index contributed by atoms with van der Waals surface area (Å²) >= 11 is 0. The molecule has 0 aliphatic rings. The van der Waals surface area contributed by atoms with E-state index in [1.54, 1.807) is 30.3 Å². The number of pyridine rings is 1. The lowest BCUT2D eigenvalue weighted by Gasteiger charge is -2.13. The van der Waals surface area contributed by atoms with E-state index in [-0.39, 0.29) is 22.6 Å². The van der Waals surface area contributed by atoms with Gasteiger partial charge < -0.3 is 17.3 Å². The maximum atomic E-state index is 11.9. The standard InChI is InChI=1S/C13H10N6O/c14-5-7-1-3-8(4-2-7)10-9(6-15)13(20)19(18)12(17)11(10)16/h1-4H,16-18H2. The molecule has 2 aromatic rings. The number of rotatable bonds is 1. The van der Waals surface area contributed by atoms with Crippen LogP contribution in [0.4, 0.5) is 11.5 Å². The smallest absolute Gasteiger partial charge is 0.289 e. The largest absolute Gasteiger partial charge is 0.395 e. The summed E-state index contributed by atoms with van der Waals surface area (Å²) in [5.74, 6) is 5.34. The molecule has 0 aliphatic carbocycles. The number of anilines is 2. The molecule has 0 radical (unpaired) electrons. The van der Waals surface area contributed by atoms with E-state index in [9.17, 15) is 4.79 Å². The number of nitrogens with two attached hydrogens (primary N) is 3. The van der Waals surface area contributed by atoms with Crippen molar-refractivity contribution in [1.29, 1.82) is 10.5 Å². The summed E-state index contributed by atoms with van der Waals surface area (Å²) in [7, 11) is 0. The Morgan fingerprint density at radius 3 is 2.15 bits per heavy atom. The van der Waals surface area contributed by atoms with Gasteiger partial charge in [-0.1, -0.05) is 12.1 Å². The summed E-state index contributed by atoms with van der Waals surface area (Å²) in [6.07, 6.45) is 0. The maximum Gasteiger partial charge on any atom is 0.289 e. The molecule has 20 heavy (non-hydrogen) atoms. The third kappa shape index (κ3) is 1.80. The summed E-state index contributed by atoms with van der Waals surface area (Å²) < 4.78 is 0.640. The summed E-state index contributed by atoms with van der Waals surface area (Å²) in [5, 5.41) is 17.9. The van der Waals surface area contributed by atoms with Crippen LogP contribution in [0.5, 0.6) is 0 Å². The Balaban J connectivity index is 2.83. The summed E-state index contributed by atoms with van der Waals surface area (Å²) in [4.78, 5) is 11.9. The molecule has 0 unspecified atom stereocenters. The van der Waals surface area contributed by atoms with E-state index < -0.39 is 5.56 Å². The van der Waals surface area contributed by atoms with Gasteiger partial charge in [-0.3, -0.25) is 4.79 Å². The fourth-order valence-electron chi connectivity index (χ4n) is 1.84. The van der Waals surface area contributed by atoms with E-state index >= 15 is 0 Å². The molecule has 7 nitrogen and oxygen atoms in total. The van der Waals surface area contributed by atoms with Crippen molar-refractivity contribution < 1.29 is 0 Å². The summed E-state index contributed by atoms with van der Waals surface area (Å²) in [6, 6.07) is 10.0. The molecule has 0 atom stereocenters. The lowest BCUT2D eigenvalue weighted by atomic mass is 9.99. The first-order valence-electron chi connectivity index (χ1n) is 5.51. The van der Waals surface area contributed by atoms with Crippen molar-refractivity contribution >= 4 is 11.5 Å². The van der Waals surface area contributed by atoms with Crippen LogP contribution in [0.1, 0.15) is 11.1 Å². The zero-order valence-corrected chi connectivity index (χ0v) is 10.3. The van der Waals surface area contributed by atoms with Gasteiger partial charge in [0.25, 0.3) is 5.56 Å². The van der Waals surface area contributed by atoms with E-state index in [2.05, 4.69) is 0 Å². The molecule has 0 amide bonds. The number of benzene rings is 1. The minimum Gasteiger partial charge on any atom is -0.395 e. The lowest BCUT2D eigenvalue weighted by Crippen LogP contribution is -2.32. The average Bonchev–Trinajstić information content (AvgIpc) is 2.48. The Kier molecular flexibility index (Phi) is 3.03. The van der Waals surface area contributed by atoms with Crippen LogP contribution in [-0.4, -0.2) is 4.68 Å². The minimum atomic E-state index is -0.724. The summed E-state index contributed by atoms with van der Waals surface area (Å²) in [5.41, 5.74) is 11.8. The molecule has 7 heteroatoms. The van der Waals surface area contributed by atoms with Crippen LogP contribution in [0, 0.1) is 22.7 Å². The molecule has 0 spiro atoms. The average molecular weight is 266 g/mol. The molecule has 0 bridgehead atoms. The van der Waals surface area contributed by atoms with Crippen LogP contribution in [0.25, 0.3) is 11.1 Å². The third-order valence-electron chi connectivity index (χ3n) is 2.90. The van der Waals surface area contributed by atoms with Crippen molar-refractivity contribution in [1.82, 2.24) is 4.68 Å². The molecule has 1 aromatic carbocycles. The second kappa shape index (κ2) is 4.67. The van der Waals surface area contributed by atoms with Gasteiger partial charge in [-0.25, -0.2) is 4.68 Å². The Hall–Kier alpha value is -3.45. The number of nitrogens with zero attached hydrogens (tertiary/aromatic N) is 3. The molecule has 0 fully saturated rings. The predicted octanol–water partition coefficient (Wildman–Crippen LogP) is 0.137. The van der Waals surface area contributed by atoms with Gasteiger partial charge in [-0.05, 0) is 17.7 Å². The maximum absolute atomic E-state index is 11.9. The molecule has 1 aromatic heterocycles. The van der Waals surface area contributed by atoms with Crippen molar-refractivity contribution in [3.05, 3.63) is 45.7 Å². The van der Waals surface area contributed by atoms with Crippen LogP contribution in [0.2, 0.25) is 0 Å². The molecule has 1 heterocycles. The lowest BCUT2D eigenvalue weighted by molar-refractivity contribution is 0.949. The van der Waals surface area contributed by atoms with E-state index in [4.69, 9.17) is 27.8 Å². The van der Waals surface area contributed by atoms with Crippen LogP contribution in [0.15, 0.2) is 29.1 Å². The van der Waals surface area contributed by atoms with Gasteiger partial charge in [0, 0.05) is 5.56 Å². The first-order chi connectivity index (χ1) is 9.51. The minimum absolute atomic E-state index is 0.0494. The Bertz CT molecular complexity index is 820. The molecule has 0 aliphatic heterocycles. The van der Waals surface area contributed by atoms with E-state index in [0.29, 0.717) is 15.8 Å². The fraction of sp³-hybridized carbons (Fsp3) is 0. The number of nitriles is 2. The van der Waals surface area contributed by atoms with Gasteiger partial charge in [0.15, 0.2) is 0 Å². The van der Waals surface area contributed by atoms with Gasteiger partial charge in [-0.2, -0.15) is 10.5 Å². The van der Waals surface area contributed by atoms with Crippen LogP contribution < -0.4 is 22.9 Å². The van der Waals surface area contributed by atoms with Gasteiger partial charge in [-0.15, -0.1) is 0 Å². The SMILES string of the molecule is N#Cc1ccc(-c2c(N)c(N)n(N)c(=O)c2C#N)cc1. The number of nitrogen functional groups attached to an aromatic ring is 3. The topological polar surface area (TPSA) is 148 Å². The quantitative estimate of drug-likeness (QED) is 0.625. The highest BCUT2D eigenvalue weighted by atomic mass is 16.1. The normalized spacial score (nSPS) is 9.70. The van der Waals surface area contributed by atoms with Crippen molar-refractivity contribution in [2.75, 3.05) is 17.3 Å². The van der Waals surface area contributed by atoms with E-state index in [0.717, 1.165) is 0 Å². The Morgan fingerprint density at radius 2 is 1.65 bits per heavy atom. The van der Waals surface area contributed by atoms with Gasteiger partial charge in [0.2, 0.25) is 0 Å². The van der Waals surface area contributed by atoms with Crippen LogP contribution in [0.3, 0.4) is 0 Å². The van der Waals surface area contributed by atoms with Crippen molar-refractivity contribution in [2.24, 2.45) is 0 Å². The fourth-order valence-corrected chi connectivity index (χ4v) is 1.84. The Labute approximate surface area is 114 Å². The molecule has 0 saturated heterocycles. The zero-order valence-electron chi connectivity index (χ0n) is 10.3. The second-order valence-corrected chi connectivity index (χ2v) is 4.03. The van der Waals surface area contributed by atoms with E-state index in [1.807, 2.05) is 6.07 Å². The number of hydrogen-bond acceptors (Lipinski definition) is 6. The first-order valence-corrected chi connectivity index (χ1v) is 5.51. The first kappa shape index (κ1) is 13.0. The molecule has 0 saturated carbocycles. The van der Waals surface area contributed by atoms with Crippen LogP contribution >= 0.6 is 0 Å². The molecular formula is C13H10N6O. The predicted molar refractivity (Wildman–Crippen MR) is 74.5 cm³/mol. The highest BCUT2D eigenvalue weighted by molar-refractivity contribution is 5.87. The van der Waals surface area contributed by atoms with E-state index in [1.165, 1.54) is 0 Å². The van der Waals surface area contributed by atoms with Crippen molar-refractivity contribution in [3.8, 4) is 23.3 Å². The van der Waals surface area contributed by atoms with Gasteiger partial charge in [0.1, 0.15) is 17.5 Å². The third-order valence-corrected chi connectivity index (χ3v) is 2.90. The van der Waals surface area contributed by atoms with Crippen LogP contribution in [-0.2, 0) is 0 Å². The summed E-state index contributed by atoms with van der Waals surface area (Å²) in [6.45, 7) is 0. The monoisotopic (exact) mass is 266 g/mol. The number of hydrogen-bond donors (Lipinski definition) is 3. The Morgan fingerprint density at radius 1 is 1.05 bits per heavy atom. The highest BCUT2D eigenvalue weighted by Crippen LogP contribution is 2.31. The number of aromatic nitrogens is 1. The van der Waals surface area contributed by atoms with Crippen molar-refractivity contribution in [3.63, 3.8) is 0 Å². The molecular weight excluding hydrogens is 256 g/mol. The second-order valence-electron chi connectivity index (χ2n) is 4.03.